The van der Waals surface area contributed by atoms with Crippen molar-refractivity contribution >= 4 is 22.8 Å². The van der Waals surface area contributed by atoms with Gasteiger partial charge in [-0.15, -0.1) is 0 Å². The van der Waals surface area contributed by atoms with Crippen molar-refractivity contribution in [1.29, 1.82) is 0 Å². The minimum atomic E-state index is -5.08. The van der Waals surface area contributed by atoms with Crippen molar-refractivity contribution in [3.8, 4) is 0 Å². The third-order valence-corrected chi connectivity index (χ3v) is 5.96. The lowest BCUT2D eigenvalue weighted by atomic mass is 9.80. The summed E-state index contributed by atoms with van der Waals surface area (Å²) in [4.78, 5) is 29.7. The van der Waals surface area contributed by atoms with Crippen LogP contribution in [0.15, 0.2) is 30.5 Å². The van der Waals surface area contributed by atoms with Gasteiger partial charge in [0.05, 0.1) is 13.2 Å². The van der Waals surface area contributed by atoms with Gasteiger partial charge < -0.3 is 24.6 Å². The Morgan fingerprint density at radius 3 is 2.66 bits per heavy atom. The molecule has 1 aromatic carbocycles. The molecule has 2 aliphatic heterocycles. The molecule has 0 saturated carbocycles. The van der Waals surface area contributed by atoms with Gasteiger partial charge >= 0.3 is 12.1 Å². The van der Waals surface area contributed by atoms with Gasteiger partial charge in [0.1, 0.15) is 0 Å². The number of likely N-dealkylation sites (N-methyl/N-ethyl adjacent to an activating group) is 1. The van der Waals surface area contributed by atoms with Crippen LogP contribution in [0.5, 0.6) is 0 Å². The Labute approximate surface area is 184 Å². The zero-order valence-electron chi connectivity index (χ0n) is 18.0. The van der Waals surface area contributed by atoms with E-state index in [1.165, 1.54) is 0 Å². The van der Waals surface area contributed by atoms with Gasteiger partial charge in [-0.2, -0.15) is 13.2 Å². The number of aliphatic carboxylic acids is 1. The van der Waals surface area contributed by atoms with E-state index in [2.05, 4.69) is 16.8 Å². The Bertz CT molecular complexity index is 946. The first kappa shape index (κ1) is 24.1. The first-order chi connectivity index (χ1) is 15.1. The Morgan fingerprint density at radius 1 is 1.22 bits per heavy atom. The highest BCUT2D eigenvalue weighted by Gasteiger charge is 2.40. The van der Waals surface area contributed by atoms with E-state index in [-0.39, 0.29) is 11.3 Å². The van der Waals surface area contributed by atoms with Crippen LogP contribution in [0.25, 0.3) is 10.9 Å². The van der Waals surface area contributed by atoms with E-state index >= 15 is 0 Å². The number of amides is 1. The fraction of sp³-hybridized carbons (Fsp3) is 0.545. The molecule has 1 amide bonds. The van der Waals surface area contributed by atoms with E-state index in [1.807, 2.05) is 35.4 Å². The standard InChI is InChI=1S/C20H27N3O2.C2HF3O2/c1-2-22-10-11-25-15-20(13-22)7-3-9-23(14-20)19(24)17-4-5-18-16(12-17)6-8-21-18;3-2(4,5)1(6)7/h4-6,8,12,21H,2-3,7,9-11,13-15H2,1H3;(H,6,7). The number of carbonyl (C=O) groups is 2. The van der Waals surface area contributed by atoms with Crippen LogP contribution >= 0.6 is 0 Å². The van der Waals surface area contributed by atoms with Crippen LogP contribution in [0.3, 0.4) is 0 Å². The molecule has 2 aliphatic rings. The highest BCUT2D eigenvalue weighted by atomic mass is 19.4. The summed E-state index contributed by atoms with van der Waals surface area (Å²) in [6, 6.07) is 7.94. The number of aromatic amines is 1. The maximum Gasteiger partial charge on any atom is 0.490 e. The molecule has 1 atom stereocenters. The van der Waals surface area contributed by atoms with Crippen LogP contribution in [0.4, 0.5) is 13.2 Å². The molecule has 2 fully saturated rings. The molecule has 0 aliphatic carbocycles. The Kier molecular flexibility index (Phi) is 7.45. The van der Waals surface area contributed by atoms with Gasteiger partial charge in [-0.05, 0) is 43.7 Å². The zero-order chi connectivity index (χ0) is 23.4. The fourth-order valence-electron chi connectivity index (χ4n) is 4.35. The third kappa shape index (κ3) is 5.80. The first-order valence-electron chi connectivity index (χ1n) is 10.6. The molecular formula is C22H28F3N3O4. The summed E-state index contributed by atoms with van der Waals surface area (Å²) in [5, 5.41) is 8.22. The van der Waals surface area contributed by atoms with E-state index in [1.54, 1.807) is 0 Å². The number of halogens is 3. The number of hydrogen-bond donors (Lipinski definition) is 2. The summed E-state index contributed by atoms with van der Waals surface area (Å²) in [6.07, 6.45) is -0.972. The van der Waals surface area contributed by atoms with Crippen molar-refractivity contribution in [2.45, 2.75) is 25.9 Å². The fourth-order valence-corrected chi connectivity index (χ4v) is 4.35. The number of likely N-dealkylation sites (tertiary alicyclic amines) is 1. The predicted octanol–water partition coefficient (Wildman–Crippen LogP) is 3.38. The van der Waals surface area contributed by atoms with E-state index in [0.29, 0.717) is 0 Å². The molecule has 4 rings (SSSR count). The van der Waals surface area contributed by atoms with Crippen LogP contribution in [0, 0.1) is 5.41 Å². The number of alkyl halides is 3. The largest absolute Gasteiger partial charge is 0.490 e. The maximum absolute atomic E-state index is 13.1. The third-order valence-electron chi connectivity index (χ3n) is 5.96. The van der Waals surface area contributed by atoms with Crippen molar-refractivity contribution in [2.75, 3.05) is 45.9 Å². The minimum absolute atomic E-state index is 0.0820. The zero-order valence-corrected chi connectivity index (χ0v) is 18.0. The predicted molar refractivity (Wildman–Crippen MR) is 112 cm³/mol. The number of carboxylic acids is 1. The maximum atomic E-state index is 13.1. The molecule has 1 unspecified atom stereocenters. The summed E-state index contributed by atoms with van der Waals surface area (Å²) in [5.41, 5.74) is 1.94. The van der Waals surface area contributed by atoms with Gasteiger partial charge in [0.15, 0.2) is 0 Å². The number of carbonyl (C=O) groups excluding carboxylic acids is 1. The smallest absolute Gasteiger partial charge is 0.475 e. The summed E-state index contributed by atoms with van der Waals surface area (Å²) < 4.78 is 37.7. The number of ether oxygens (including phenoxy) is 1. The molecule has 1 aromatic heterocycles. The van der Waals surface area contributed by atoms with Crippen LogP contribution in [-0.4, -0.2) is 83.9 Å². The van der Waals surface area contributed by atoms with Crippen molar-refractivity contribution in [1.82, 2.24) is 14.8 Å². The van der Waals surface area contributed by atoms with Crippen LogP contribution < -0.4 is 0 Å². The van der Waals surface area contributed by atoms with Gasteiger partial charge in [0.25, 0.3) is 5.91 Å². The van der Waals surface area contributed by atoms with Gasteiger partial charge in [-0.3, -0.25) is 4.79 Å². The van der Waals surface area contributed by atoms with Crippen LogP contribution in [-0.2, 0) is 9.53 Å². The average molecular weight is 455 g/mol. The van der Waals surface area contributed by atoms with Crippen molar-refractivity contribution in [2.24, 2.45) is 5.41 Å². The lowest BCUT2D eigenvalue weighted by molar-refractivity contribution is -0.192. The summed E-state index contributed by atoms with van der Waals surface area (Å²) in [7, 11) is 0. The lowest BCUT2D eigenvalue weighted by Gasteiger charge is -2.43. The number of nitrogens with zero attached hydrogens (tertiary/aromatic N) is 2. The monoisotopic (exact) mass is 455 g/mol. The number of nitrogens with one attached hydrogen (secondary N) is 1. The molecule has 3 heterocycles. The Hall–Kier alpha value is -2.59. The number of piperidine rings is 1. The molecule has 10 heteroatoms. The summed E-state index contributed by atoms with van der Waals surface area (Å²) in [5.74, 6) is -2.61. The Balaban J connectivity index is 0.000000360. The van der Waals surface area contributed by atoms with E-state index in [0.717, 1.165) is 75.2 Å². The Morgan fingerprint density at radius 2 is 1.97 bits per heavy atom. The van der Waals surface area contributed by atoms with Crippen molar-refractivity contribution < 1.29 is 32.6 Å². The first-order valence-corrected chi connectivity index (χ1v) is 10.6. The summed E-state index contributed by atoms with van der Waals surface area (Å²) >= 11 is 0. The SMILES string of the molecule is CCN1CCOCC2(CCCN(C(=O)c3ccc4[nH]ccc4c3)C2)C1.O=C(O)C(F)(F)F. The molecule has 7 nitrogen and oxygen atoms in total. The van der Waals surface area contributed by atoms with Gasteiger partial charge in [0, 0.05) is 54.3 Å². The number of rotatable bonds is 2. The second-order valence-electron chi connectivity index (χ2n) is 8.33. The average Bonchev–Trinajstić information content (AvgIpc) is 3.14. The van der Waals surface area contributed by atoms with Crippen LogP contribution in [0.1, 0.15) is 30.1 Å². The quantitative estimate of drug-likeness (QED) is 0.725. The molecular weight excluding hydrogens is 427 g/mol. The normalized spacial score (nSPS) is 22.3. The van der Waals surface area contributed by atoms with E-state index in [4.69, 9.17) is 14.6 Å². The molecule has 0 bridgehead atoms. The minimum Gasteiger partial charge on any atom is -0.475 e. The summed E-state index contributed by atoms with van der Waals surface area (Å²) in [6.45, 7) is 8.49. The molecule has 2 aromatic rings. The molecule has 176 valence electrons. The number of fused-ring (bicyclic) bond motifs is 1. The number of H-pyrrole nitrogens is 1. The van der Waals surface area contributed by atoms with Crippen molar-refractivity contribution in [3.63, 3.8) is 0 Å². The van der Waals surface area contributed by atoms with E-state index in [9.17, 15) is 18.0 Å². The highest BCUT2D eigenvalue weighted by Crippen LogP contribution is 2.33. The second-order valence-corrected chi connectivity index (χ2v) is 8.33. The van der Waals surface area contributed by atoms with Gasteiger partial charge in [0.2, 0.25) is 0 Å². The second kappa shape index (κ2) is 9.91. The molecule has 0 radical (unpaired) electrons. The topological polar surface area (TPSA) is 85.9 Å². The molecule has 2 N–H and O–H groups in total. The molecule has 2 saturated heterocycles. The lowest BCUT2D eigenvalue weighted by Crippen LogP contribution is -2.52. The van der Waals surface area contributed by atoms with Crippen molar-refractivity contribution in [3.05, 3.63) is 36.0 Å². The number of benzene rings is 1. The number of hydrogen-bond acceptors (Lipinski definition) is 4. The number of aromatic nitrogens is 1. The molecule has 32 heavy (non-hydrogen) atoms. The highest BCUT2D eigenvalue weighted by molar-refractivity contribution is 5.98. The van der Waals surface area contributed by atoms with Crippen LogP contribution in [0.2, 0.25) is 0 Å². The van der Waals surface area contributed by atoms with Gasteiger partial charge in [-0.25, -0.2) is 4.79 Å². The number of carboxylic acid groups (broad SMARTS) is 1. The van der Waals surface area contributed by atoms with Gasteiger partial charge in [-0.1, -0.05) is 6.92 Å². The molecule has 1 spiro atoms. The van der Waals surface area contributed by atoms with E-state index < -0.39 is 12.1 Å².